The van der Waals surface area contributed by atoms with Crippen molar-refractivity contribution in [1.82, 2.24) is 9.78 Å². The summed E-state index contributed by atoms with van der Waals surface area (Å²) in [7, 11) is 0. The average molecular weight is 247 g/mol. The van der Waals surface area contributed by atoms with Crippen molar-refractivity contribution >= 4 is 42.2 Å². The van der Waals surface area contributed by atoms with Crippen molar-refractivity contribution in [3.8, 4) is 0 Å². The van der Waals surface area contributed by atoms with Crippen LogP contribution in [0, 0.1) is 5.92 Å². The standard InChI is InChI=1S/C7H12ClN3.2ClH/c1-5(2)3-11-4-6(8)7(9)10-11;;/h4-5H,3H2,1-2H3,(H2,9,10);2*1H. The van der Waals surface area contributed by atoms with Gasteiger partial charge in [-0.3, -0.25) is 4.68 Å². The highest BCUT2D eigenvalue weighted by molar-refractivity contribution is 6.32. The highest BCUT2D eigenvalue weighted by Gasteiger charge is 2.03. The summed E-state index contributed by atoms with van der Waals surface area (Å²) in [6.45, 7) is 5.09. The fourth-order valence-electron chi connectivity index (χ4n) is 0.880. The third-order valence-corrected chi connectivity index (χ3v) is 1.59. The molecule has 0 fully saturated rings. The molecule has 1 aromatic heterocycles. The Hall–Kier alpha value is -0.120. The molecule has 6 heteroatoms. The summed E-state index contributed by atoms with van der Waals surface area (Å²) in [5, 5.41) is 4.55. The van der Waals surface area contributed by atoms with E-state index in [0.29, 0.717) is 16.8 Å². The van der Waals surface area contributed by atoms with Crippen LogP contribution < -0.4 is 5.73 Å². The van der Waals surface area contributed by atoms with Gasteiger partial charge in [-0.1, -0.05) is 25.4 Å². The van der Waals surface area contributed by atoms with Crippen LogP contribution in [0.5, 0.6) is 0 Å². The van der Waals surface area contributed by atoms with E-state index >= 15 is 0 Å². The Balaban J connectivity index is 0. The van der Waals surface area contributed by atoms with Crippen molar-refractivity contribution in [2.24, 2.45) is 5.92 Å². The molecule has 3 nitrogen and oxygen atoms in total. The van der Waals surface area contributed by atoms with Crippen LogP contribution >= 0.6 is 36.4 Å². The van der Waals surface area contributed by atoms with Crippen molar-refractivity contribution in [2.45, 2.75) is 20.4 Å². The van der Waals surface area contributed by atoms with Crippen molar-refractivity contribution in [3.05, 3.63) is 11.2 Å². The maximum absolute atomic E-state index is 5.70. The molecule has 0 aliphatic heterocycles. The van der Waals surface area contributed by atoms with Crippen LogP contribution in [0.25, 0.3) is 0 Å². The molecule has 78 valence electrons. The summed E-state index contributed by atoms with van der Waals surface area (Å²) < 4.78 is 1.77. The molecule has 0 atom stereocenters. The Bertz CT molecular complexity index is 228. The first-order valence-corrected chi connectivity index (χ1v) is 3.96. The molecule has 2 N–H and O–H groups in total. The van der Waals surface area contributed by atoms with Gasteiger partial charge in [0.25, 0.3) is 0 Å². The van der Waals surface area contributed by atoms with E-state index in [0.717, 1.165) is 6.54 Å². The van der Waals surface area contributed by atoms with E-state index in [1.165, 1.54) is 0 Å². The van der Waals surface area contributed by atoms with Crippen molar-refractivity contribution < 1.29 is 0 Å². The lowest BCUT2D eigenvalue weighted by Gasteiger charge is -2.02. The molecule has 0 saturated carbocycles. The predicted octanol–water partition coefficient (Wildman–Crippen LogP) is 2.62. The molecule has 0 unspecified atom stereocenters. The maximum atomic E-state index is 5.70. The predicted molar refractivity (Wildman–Crippen MR) is 61.0 cm³/mol. The van der Waals surface area contributed by atoms with E-state index in [4.69, 9.17) is 17.3 Å². The lowest BCUT2D eigenvalue weighted by molar-refractivity contribution is 0.484. The van der Waals surface area contributed by atoms with Crippen LogP contribution in [0.2, 0.25) is 5.02 Å². The lowest BCUT2D eigenvalue weighted by Crippen LogP contribution is -2.04. The molecule has 1 aromatic rings. The third kappa shape index (κ3) is 4.60. The third-order valence-electron chi connectivity index (χ3n) is 1.30. The minimum Gasteiger partial charge on any atom is -0.381 e. The highest BCUT2D eigenvalue weighted by Crippen LogP contribution is 2.15. The number of nitrogen functional groups attached to an aromatic ring is 1. The molecule has 1 heterocycles. The normalized spacial score (nSPS) is 9.23. The molecular formula is C7H14Cl3N3. The smallest absolute Gasteiger partial charge is 0.164 e. The molecule has 0 radical (unpaired) electrons. The monoisotopic (exact) mass is 245 g/mol. The number of hydrogen-bond acceptors (Lipinski definition) is 2. The zero-order valence-corrected chi connectivity index (χ0v) is 9.92. The van der Waals surface area contributed by atoms with Gasteiger partial charge >= 0.3 is 0 Å². The number of hydrogen-bond donors (Lipinski definition) is 1. The fourth-order valence-corrected chi connectivity index (χ4v) is 1.03. The second-order valence-electron chi connectivity index (χ2n) is 2.98. The van der Waals surface area contributed by atoms with Gasteiger partial charge in [0.15, 0.2) is 5.82 Å². The van der Waals surface area contributed by atoms with Crippen LogP contribution in [0.15, 0.2) is 6.20 Å². The van der Waals surface area contributed by atoms with Crippen molar-refractivity contribution in [2.75, 3.05) is 5.73 Å². The summed E-state index contributed by atoms with van der Waals surface area (Å²) in [5.41, 5.74) is 5.45. The Morgan fingerprint density at radius 3 is 2.38 bits per heavy atom. The molecule has 0 amide bonds. The first kappa shape index (κ1) is 15.4. The zero-order valence-electron chi connectivity index (χ0n) is 7.53. The van der Waals surface area contributed by atoms with Gasteiger partial charge in [0, 0.05) is 12.7 Å². The Morgan fingerprint density at radius 1 is 1.54 bits per heavy atom. The number of rotatable bonds is 2. The highest BCUT2D eigenvalue weighted by atomic mass is 35.5. The van der Waals surface area contributed by atoms with E-state index in [1.54, 1.807) is 10.9 Å². The Labute approximate surface area is 95.4 Å². The molecule has 0 spiro atoms. The van der Waals surface area contributed by atoms with Gasteiger partial charge in [-0.25, -0.2) is 0 Å². The minimum atomic E-state index is 0. The quantitative estimate of drug-likeness (QED) is 0.872. The number of anilines is 1. The van der Waals surface area contributed by atoms with Crippen molar-refractivity contribution in [3.63, 3.8) is 0 Å². The van der Waals surface area contributed by atoms with Crippen LogP contribution in [0.3, 0.4) is 0 Å². The second-order valence-corrected chi connectivity index (χ2v) is 3.39. The number of halogens is 3. The van der Waals surface area contributed by atoms with E-state index < -0.39 is 0 Å². The molecule has 0 bridgehead atoms. The molecular weight excluding hydrogens is 232 g/mol. The second kappa shape index (κ2) is 6.35. The molecule has 0 aliphatic rings. The summed E-state index contributed by atoms with van der Waals surface area (Å²) in [4.78, 5) is 0. The molecule has 0 saturated heterocycles. The Morgan fingerprint density at radius 2 is 2.08 bits per heavy atom. The summed E-state index contributed by atoms with van der Waals surface area (Å²) in [6, 6.07) is 0. The van der Waals surface area contributed by atoms with Gasteiger partial charge in [0.05, 0.1) is 0 Å². The van der Waals surface area contributed by atoms with Crippen LogP contribution in [-0.2, 0) is 6.54 Å². The number of nitrogens with zero attached hydrogens (tertiary/aromatic N) is 2. The van der Waals surface area contributed by atoms with Gasteiger partial charge in [-0.15, -0.1) is 24.8 Å². The summed E-state index contributed by atoms with van der Waals surface area (Å²) in [5.74, 6) is 0.970. The molecule has 13 heavy (non-hydrogen) atoms. The minimum absolute atomic E-state index is 0. The van der Waals surface area contributed by atoms with E-state index in [2.05, 4.69) is 18.9 Å². The molecule has 1 rings (SSSR count). The first-order chi connectivity index (χ1) is 5.09. The van der Waals surface area contributed by atoms with Gasteiger partial charge in [-0.05, 0) is 5.92 Å². The zero-order chi connectivity index (χ0) is 8.43. The number of nitrogens with two attached hydrogens (primary N) is 1. The first-order valence-electron chi connectivity index (χ1n) is 3.58. The number of aromatic nitrogens is 2. The van der Waals surface area contributed by atoms with E-state index in [9.17, 15) is 0 Å². The van der Waals surface area contributed by atoms with Crippen LogP contribution in [0.4, 0.5) is 5.82 Å². The SMILES string of the molecule is CC(C)Cn1cc(Cl)c(N)n1.Cl.Cl. The topological polar surface area (TPSA) is 43.8 Å². The average Bonchev–Trinajstić information content (AvgIpc) is 2.10. The van der Waals surface area contributed by atoms with Crippen molar-refractivity contribution in [1.29, 1.82) is 0 Å². The van der Waals surface area contributed by atoms with E-state index in [-0.39, 0.29) is 24.8 Å². The van der Waals surface area contributed by atoms with Gasteiger partial charge in [-0.2, -0.15) is 5.10 Å². The molecule has 0 aromatic carbocycles. The Kier molecular flexibility index (Phi) is 7.50. The summed E-state index contributed by atoms with van der Waals surface area (Å²) in [6.07, 6.45) is 1.75. The van der Waals surface area contributed by atoms with Crippen LogP contribution in [0.1, 0.15) is 13.8 Å². The largest absolute Gasteiger partial charge is 0.381 e. The van der Waals surface area contributed by atoms with Gasteiger partial charge in [0.2, 0.25) is 0 Å². The van der Waals surface area contributed by atoms with Gasteiger partial charge < -0.3 is 5.73 Å². The van der Waals surface area contributed by atoms with Crippen LogP contribution in [-0.4, -0.2) is 9.78 Å². The maximum Gasteiger partial charge on any atom is 0.164 e. The lowest BCUT2D eigenvalue weighted by atomic mass is 10.2. The molecule has 0 aliphatic carbocycles. The fraction of sp³-hybridized carbons (Fsp3) is 0.571. The van der Waals surface area contributed by atoms with E-state index in [1.807, 2.05) is 0 Å². The summed E-state index contributed by atoms with van der Waals surface area (Å²) >= 11 is 5.70. The van der Waals surface area contributed by atoms with Gasteiger partial charge in [0.1, 0.15) is 5.02 Å².